The van der Waals surface area contributed by atoms with E-state index < -0.39 is 11.7 Å². The Labute approximate surface area is 137 Å². The van der Waals surface area contributed by atoms with E-state index in [4.69, 9.17) is 5.73 Å². The van der Waals surface area contributed by atoms with Crippen LogP contribution in [0.25, 0.3) is 0 Å². The Morgan fingerprint density at radius 2 is 2.14 bits per heavy atom. The highest BCUT2D eigenvalue weighted by molar-refractivity contribution is 9.10. The second-order valence-corrected chi connectivity index (χ2v) is 6.23. The average molecular weight is 372 g/mol. The molecule has 0 saturated heterocycles. The van der Waals surface area contributed by atoms with Crippen LogP contribution in [0.5, 0.6) is 0 Å². The number of hydrogen-bond donors (Lipinski definition) is 3. The van der Waals surface area contributed by atoms with Crippen molar-refractivity contribution in [2.45, 2.75) is 25.3 Å². The molecular formula is C15H19BrFN3O2. The van der Waals surface area contributed by atoms with Crippen LogP contribution in [0.15, 0.2) is 22.7 Å². The Bertz CT molecular complexity index is 564. The molecule has 4 N–H and O–H groups in total. The molecule has 5 nitrogen and oxygen atoms in total. The zero-order valence-electron chi connectivity index (χ0n) is 12.1. The van der Waals surface area contributed by atoms with Crippen molar-refractivity contribution < 1.29 is 14.0 Å². The van der Waals surface area contributed by atoms with Gasteiger partial charge in [-0.2, -0.15) is 0 Å². The predicted octanol–water partition coefficient (Wildman–Crippen LogP) is 1.56. The molecule has 1 aliphatic rings. The van der Waals surface area contributed by atoms with Gasteiger partial charge in [0.15, 0.2) is 0 Å². The second-order valence-electron chi connectivity index (χ2n) is 5.38. The SMILES string of the molecule is NCC(NC(=O)CCNC(=O)c1cc(F)ccc1Br)C1CC1. The van der Waals surface area contributed by atoms with Crippen LogP contribution < -0.4 is 16.4 Å². The first-order valence-electron chi connectivity index (χ1n) is 7.24. The first-order chi connectivity index (χ1) is 10.5. The topological polar surface area (TPSA) is 84.2 Å². The molecule has 2 amide bonds. The average Bonchev–Trinajstić information content (AvgIpc) is 3.31. The van der Waals surface area contributed by atoms with E-state index in [1.807, 2.05) is 0 Å². The van der Waals surface area contributed by atoms with Gasteiger partial charge >= 0.3 is 0 Å². The van der Waals surface area contributed by atoms with Gasteiger partial charge in [0.05, 0.1) is 5.56 Å². The van der Waals surface area contributed by atoms with Crippen LogP contribution in [0, 0.1) is 11.7 Å². The Balaban J connectivity index is 1.76. The van der Waals surface area contributed by atoms with Crippen LogP contribution in [0.3, 0.4) is 0 Å². The molecule has 0 bridgehead atoms. The minimum Gasteiger partial charge on any atom is -0.352 e. The minimum atomic E-state index is -0.485. The molecule has 1 aromatic rings. The van der Waals surface area contributed by atoms with Crippen LogP contribution in [-0.2, 0) is 4.79 Å². The lowest BCUT2D eigenvalue weighted by atomic mass is 10.2. The van der Waals surface area contributed by atoms with Gasteiger partial charge in [-0.1, -0.05) is 0 Å². The summed E-state index contributed by atoms with van der Waals surface area (Å²) in [5.41, 5.74) is 5.83. The molecule has 0 heterocycles. The third-order valence-corrected chi connectivity index (χ3v) is 4.29. The number of nitrogens with two attached hydrogens (primary N) is 1. The summed E-state index contributed by atoms with van der Waals surface area (Å²) in [6, 6.07) is 3.91. The van der Waals surface area contributed by atoms with Gasteiger partial charge < -0.3 is 16.4 Å². The number of carbonyl (C=O) groups excluding carboxylic acids is 2. The molecule has 7 heteroatoms. The normalized spacial score (nSPS) is 15.2. The maximum absolute atomic E-state index is 13.1. The number of benzene rings is 1. The number of amides is 2. The number of halogens is 2. The zero-order chi connectivity index (χ0) is 16.1. The Hall–Kier alpha value is -1.47. The molecule has 1 saturated carbocycles. The lowest BCUT2D eigenvalue weighted by Crippen LogP contribution is -2.42. The highest BCUT2D eigenvalue weighted by Crippen LogP contribution is 2.32. The molecule has 1 aromatic carbocycles. The van der Waals surface area contributed by atoms with Crippen molar-refractivity contribution in [3.63, 3.8) is 0 Å². The predicted molar refractivity (Wildman–Crippen MR) is 84.8 cm³/mol. The summed E-state index contributed by atoms with van der Waals surface area (Å²) in [4.78, 5) is 23.7. The van der Waals surface area contributed by atoms with Crippen molar-refractivity contribution in [1.29, 1.82) is 0 Å². The van der Waals surface area contributed by atoms with Crippen molar-refractivity contribution in [2.24, 2.45) is 11.7 Å². The fourth-order valence-corrected chi connectivity index (χ4v) is 2.63. The molecule has 2 rings (SSSR count). The summed E-state index contributed by atoms with van der Waals surface area (Å²) in [5.74, 6) is -0.550. The van der Waals surface area contributed by atoms with Crippen LogP contribution in [0.4, 0.5) is 4.39 Å². The quantitative estimate of drug-likeness (QED) is 0.679. The maximum Gasteiger partial charge on any atom is 0.252 e. The summed E-state index contributed by atoms with van der Waals surface area (Å²) < 4.78 is 13.7. The van der Waals surface area contributed by atoms with Crippen molar-refractivity contribution in [1.82, 2.24) is 10.6 Å². The standard InChI is InChI=1S/C15H19BrFN3O2/c16-12-4-3-10(17)7-11(12)15(22)19-6-5-14(21)20-13(8-18)9-1-2-9/h3-4,7,9,13H,1-2,5-6,8,18H2,(H,19,22)(H,20,21). The van der Waals surface area contributed by atoms with E-state index in [0.29, 0.717) is 16.9 Å². The molecule has 1 atom stereocenters. The van der Waals surface area contributed by atoms with E-state index in [-0.39, 0.29) is 30.5 Å². The van der Waals surface area contributed by atoms with Crippen molar-refractivity contribution in [3.05, 3.63) is 34.1 Å². The van der Waals surface area contributed by atoms with Crippen LogP contribution >= 0.6 is 15.9 Å². The van der Waals surface area contributed by atoms with E-state index >= 15 is 0 Å². The van der Waals surface area contributed by atoms with Crippen LogP contribution in [-0.4, -0.2) is 30.9 Å². The fourth-order valence-electron chi connectivity index (χ4n) is 2.20. The lowest BCUT2D eigenvalue weighted by molar-refractivity contribution is -0.121. The third-order valence-electron chi connectivity index (χ3n) is 3.60. The highest BCUT2D eigenvalue weighted by atomic mass is 79.9. The molecule has 0 aliphatic heterocycles. The Kier molecular flexibility index (Phi) is 5.90. The van der Waals surface area contributed by atoms with Crippen molar-refractivity contribution in [3.8, 4) is 0 Å². The lowest BCUT2D eigenvalue weighted by Gasteiger charge is -2.16. The van der Waals surface area contributed by atoms with Gasteiger partial charge in [0.25, 0.3) is 5.91 Å². The van der Waals surface area contributed by atoms with E-state index in [2.05, 4.69) is 26.6 Å². The third kappa shape index (κ3) is 4.78. The smallest absolute Gasteiger partial charge is 0.252 e. The summed E-state index contributed by atoms with van der Waals surface area (Å²) >= 11 is 3.20. The zero-order valence-corrected chi connectivity index (χ0v) is 13.7. The largest absolute Gasteiger partial charge is 0.352 e. The van der Waals surface area contributed by atoms with E-state index in [1.54, 1.807) is 0 Å². The summed E-state index contributed by atoms with van der Waals surface area (Å²) in [6.07, 6.45) is 2.38. The van der Waals surface area contributed by atoms with Gasteiger partial charge in [0, 0.05) is 30.0 Å². The van der Waals surface area contributed by atoms with Gasteiger partial charge in [-0.25, -0.2) is 4.39 Å². The fraction of sp³-hybridized carbons (Fsp3) is 0.467. The summed E-state index contributed by atoms with van der Waals surface area (Å²) in [5, 5.41) is 5.48. The van der Waals surface area contributed by atoms with Crippen molar-refractivity contribution >= 4 is 27.7 Å². The summed E-state index contributed by atoms with van der Waals surface area (Å²) in [6.45, 7) is 0.620. The van der Waals surface area contributed by atoms with E-state index in [9.17, 15) is 14.0 Å². The molecule has 120 valence electrons. The number of nitrogens with one attached hydrogen (secondary N) is 2. The van der Waals surface area contributed by atoms with Gasteiger partial charge in [-0.05, 0) is 52.9 Å². The molecular weight excluding hydrogens is 353 g/mol. The van der Waals surface area contributed by atoms with Gasteiger partial charge in [0.2, 0.25) is 5.91 Å². The minimum absolute atomic E-state index is 0.0283. The van der Waals surface area contributed by atoms with Gasteiger partial charge in [-0.15, -0.1) is 0 Å². The monoisotopic (exact) mass is 371 g/mol. The molecule has 0 aromatic heterocycles. The molecule has 22 heavy (non-hydrogen) atoms. The van der Waals surface area contributed by atoms with Gasteiger partial charge in [-0.3, -0.25) is 9.59 Å². The van der Waals surface area contributed by atoms with Crippen LogP contribution in [0.2, 0.25) is 0 Å². The maximum atomic E-state index is 13.1. The van der Waals surface area contributed by atoms with E-state index in [1.165, 1.54) is 12.1 Å². The molecule has 0 radical (unpaired) electrons. The Morgan fingerprint density at radius 3 is 2.77 bits per heavy atom. The number of rotatable bonds is 7. The number of hydrogen-bond acceptors (Lipinski definition) is 3. The van der Waals surface area contributed by atoms with Crippen LogP contribution in [0.1, 0.15) is 29.6 Å². The van der Waals surface area contributed by atoms with Gasteiger partial charge in [0.1, 0.15) is 5.82 Å². The summed E-state index contributed by atoms with van der Waals surface area (Å²) in [7, 11) is 0. The molecule has 1 unspecified atom stereocenters. The first-order valence-corrected chi connectivity index (χ1v) is 8.03. The van der Waals surface area contributed by atoms with E-state index in [0.717, 1.165) is 18.9 Å². The molecule has 0 spiro atoms. The number of carbonyl (C=O) groups is 2. The highest BCUT2D eigenvalue weighted by Gasteiger charge is 2.31. The molecule has 1 fully saturated rings. The Morgan fingerprint density at radius 1 is 1.41 bits per heavy atom. The molecule has 1 aliphatic carbocycles. The first kappa shape index (κ1) is 16.9. The van der Waals surface area contributed by atoms with Crippen molar-refractivity contribution in [2.75, 3.05) is 13.1 Å². The second kappa shape index (κ2) is 7.69.